The van der Waals surface area contributed by atoms with E-state index < -0.39 is 10.0 Å². The topological polar surface area (TPSA) is 60.3 Å². The molecule has 1 aromatic heterocycles. The number of aromatic nitrogens is 1. The third-order valence-corrected chi connectivity index (χ3v) is 6.47. The van der Waals surface area contributed by atoms with Gasteiger partial charge in [0.25, 0.3) is 10.0 Å². The number of rotatable bonds is 4. The molecule has 136 valence electrons. The summed E-state index contributed by atoms with van der Waals surface area (Å²) >= 11 is 0. The zero-order valence-corrected chi connectivity index (χ0v) is 15.6. The Kier molecular flexibility index (Phi) is 4.46. The largest absolute Gasteiger partial charge is 0.492 e. The van der Waals surface area contributed by atoms with Crippen molar-refractivity contribution in [2.45, 2.75) is 31.2 Å². The van der Waals surface area contributed by atoms with Crippen LogP contribution in [0.15, 0.2) is 53.6 Å². The van der Waals surface area contributed by atoms with Crippen molar-refractivity contribution in [3.05, 3.63) is 59.8 Å². The number of nitrogens with one attached hydrogen (secondary N) is 1. The normalized spacial score (nSPS) is 14.7. The molecule has 1 aliphatic rings. The maximum atomic E-state index is 13.1. The van der Waals surface area contributed by atoms with Crippen molar-refractivity contribution < 1.29 is 13.2 Å². The van der Waals surface area contributed by atoms with Crippen LogP contribution in [0, 0.1) is 0 Å². The minimum Gasteiger partial charge on any atom is -0.492 e. The second kappa shape index (κ2) is 6.78. The number of ether oxygens (including phenoxy) is 1. The molecular weight excluding hydrogens is 348 g/mol. The highest BCUT2D eigenvalue weighted by Crippen LogP contribution is 2.31. The Morgan fingerprint density at radius 2 is 1.92 bits per heavy atom. The van der Waals surface area contributed by atoms with Gasteiger partial charge in [-0.3, -0.25) is 0 Å². The van der Waals surface area contributed by atoms with Crippen molar-refractivity contribution in [1.82, 2.24) is 9.29 Å². The van der Waals surface area contributed by atoms with E-state index in [9.17, 15) is 8.42 Å². The summed E-state index contributed by atoms with van der Waals surface area (Å²) in [6.07, 6.45) is 3.62. The van der Waals surface area contributed by atoms with Gasteiger partial charge < -0.3 is 10.1 Å². The van der Waals surface area contributed by atoms with Crippen LogP contribution in [-0.2, 0) is 23.0 Å². The van der Waals surface area contributed by atoms with Gasteiger partial charge in [0.1, 0.15) is 12.4 Å². The maximum Gasteiger partial charge on any atom is 0.268 e. The van der Waals surface area contributed by atoms with Crippen molar-refractivity contribution in [3.8, 4) is 5.75 Å². The monoisotopic (exact) mass is 370 g/mol. The number of nitrogens with zero attached hydrogens (tertiary/aromatic N) is 1. The van der Waals surface area contributed by atoms with E-state index in [1.165, 1.54) is 3.97 Å². The van der Waals surface area contributed by atoms with Crippen LogP contribution in [0.5, 0.6) is 5.75 Å². The van der Waals surface area contributed by atoms with Gasteiger partial charge >= 0.3 is 0 Å². The van der Waals surface area contributed by atoms with Crippen molar-refractivity contribution in [2.75, 3.05) is 13.2 Å². The van der Waals surface area contributed by atoms with E-state index in [1.54, 1.807) is 18.3 Å². The fourth-order valence-corrected chi connectivity index (χ4v) is 4.78. The quantitative estimate of drug-likeness (QED) is 0.765. The Labute approximate surface area is 153 Å². The second-order valence-electron chi connectivity index (χ2n) is 6.51. The molecule has 0 spiro atoms. The number of fused-ring (bicyclic) bond motifs is 3. The predicted octanol–water partition coefficient (Wildman–Crippen LogP) is 3.31. The van der Waals surface area contributed by atoms with Gasteiger partial charge in [-0.2, -0.15) is 0 Å². The number of hydrogen-bond acceptors (Lipinski definition) is 4. The van der Waals surface area contributed by atoms with Gasteiger partial charge in [0, 0.05) is 30.2 Å². The zero-order valence-electron chi connectivity index (χ0n) is 14.7. The highest BCUT2D eigenvalue weighted by Gasteiger charge is 2.21. The van der Waals surface area contributed by atoms with Crippen molar-refractivity contribution in [1.29, 1.82) is 0 Å². The molecule has 0 saturated carbocycles. The van der Waals surface area contributed by atoms with Crippen LogP contribution in [0.25, 0.3) is 10.9 Å². The minimum absolute atomic E-state index is 0.305. The summed E-state index contributed by atoms with van der Waals surface area (Å²) in [7, 11) is -3.63. The Balaban J connectivity index is 1.79. The van der Waals surface area contributed by atoms with Gasteiger partial charge in [-0.25, -0.2) is 12.4 Å². The summed E-state index contributed by atoms with van der Waals surface area (Å²) in [6, 6.07) is 12.7. The molecule has 3 aromatic rings. The van der Waals surface area contributed by atoms with E-state index in [0.717, 1.165) is 41.6 Å². The van der Waals surface area contributed by atoms with Gasteiger partial charge in [0.05, 0.1) is 10.4 Å². The van der Waals surface area contributed by atoms with Crippen molar-refractivity contribution in [3.63, 3.8) is 0 Å². The Morgan fingerprint density at radius 3 is 2.69 bits per heavy atom. The van der Waals surface area contributed by atoms with Gasteiger partial charge in [-0.05, 0) is 42.3 Å². The van der Waals surface area contributed by atoms with Crippen LogP contribution in [0.4, 0.5) is 0 Å². The standard InChI is InChI=1S/C20H22N2O3S/c1-2-3-15-4-6-16(7-5-15)26(23,24)22-12-10-17-18-14-21-11-13-25-20(18)9-8-19(17)22/h4-10,12,21H,2-3,11,13-14H2,1H3. The third kappa shape index (κ3) is 2.89. The fraction of sp³-hybridized carbons (Fsp3) is 0.300. The van der Waals surface area contributed by atoms with Crippen LogP contribution < -0.4 is 10.1 Å². The van der Waals surface area contributed by atoms with Crippen LogP contribution in [-0.4, -0.2) is 25.5 Å². The van der Waals surface area contributed by atoms with Gasteiger partial charge in [-0.15, -0.1) is 0 Å². The molecule has 0 bridgehead atoms. The predicted molar refractivity (Wildman–Crippen MR) is 102 cm³/mol. The molecule has 0 atom stereocenters. The summed E-state index contributed by atoms with van der Waals surface area (Å²) in [4.78, 5) is 0.305. The lowest BCUT2D eigenvalue weighted by Crippen LogP contribution is -2.16. The van der Waals surface area contributed by atoms with E-state index >= 15 is 0 Å². The first kappa shape index (κ1) is 17.1. The summed E-state index contributed by atoms with van der Waals surface area (Å²) in [5.74, 6) is 0.821. The van der Waals surface area contributed by atoms with Crippen molar-refractivity contribution in [2.24, 2.45) is 0 Å². The lowest BCUT2D eigenvalue weighted by Gasteiger charge is -2.11. The third-order valence-electron chi connectivity index (χ3n) is 4.76. The van der Waals surface area contributed by atoms with E-state index in [4.69, 9.17) is 4.74 Å². The van der Waals surface area contributed by atoms with Crippen molar-refractivity contribution >= 4 is 20.9 Å². The average Bonchev–Trinajstić information content (AvgIpc) is 2.94. The Bertz CT molecular complexity index is 1040. The smallest absolute Gasteiger partial charge is 0.268 e. The molecule has 2 heterocycles. The van der Waals surface area contributed by atoms with E-state index in [2.05, 4.69) is 12.2 Å². The molecule has 26 heavy (non-hydrogen) atoms. The van der Waals surface area contributed by atoms with E-state index in [0.29, 0.717) is 23.6 Å². The summed E-state index contributed by atoms with van der Waals surface area (Å²) < 4.78 is 33.4. The van der Waals surface area contributed by atoms with Gasteiger partial charge in [-0.1, -0.05) is 25.5 Å². The zero-order chi connectivity index (χ0) is 18.1. The lowest BCUT2D eigenvalue weighted by atomic mass is 10.1. The highest BCUT2D eigenvalue weighted by molar-refractivity contribution is 7.90. The van der Waals surface area contributed by atoms with E-state index in [1.807, 2.05) is 30.3 Å². The van der Waals surface area contributed by atoms with Gasteiger partial charge in [0.15, 0.2) is 0 Å². The highest BCUT2D eigenvalue weighted by atomic mass is 32.2. The minimum atomic E-state index is -3.63. The molecule has 0 radical (unpaired) electrons. The summed E-state index contributed by atoms with van der Waals surface area (Å²) in [5.41, 5.74) is 2.83. The molecule has 0 aliphatic carbocycles. The number of benzene rings is 2. The first-order valence-electron chi connectivity index (χ1n) is 8.92. The molecule has 5 nitrogen and oxygen atoms in total. The molecule has 4 rings (SSSR count). The molecule has 6 heteroatoms. The molecule has 0 saturated heterocycles. The molecule has 0 amide bonds. The van der Waals surface area contributed by atoms with E-state index in [-0.39, 0.29) is 0 Å². The Morgan fingerprint density at radius 1 is 1.12 bits per heavy atom. The van der Waals surface area contributed by atoms with Crippen LogP contribution >= 0.6 is 0 Å². The molecular formula is C20H22N2O3S. The first-order chi connectivity index (χ1) is 12.6. The summed E-state index contributed by atoms with van der Waals surface area (Å²) in [6.45, 7) is 4.17. The number of hydrogen-bond donors (Lipinski definition) is 1. The second-order valence-corrected chi connectivity index (χ2v) is 8.33. The maximum absolute atomic E-state index is 13.1. The summed E-state index contributed by atoms with van der Waals surface area (Å²) in [5, 5.41) is 4.22. The SMILES string of the molecule is CCCc1ccc(S(=O)(=O)n2ccc3c4c(ccc32)OCCNC4)cc1. The van der Waals surface area contributed by atoms with Gasteiger partial charge in [0.2, 0.25) is 0 Å². The molecule has 2 aromatic carbocycles. The average molecular weight is 370 g/mol. The van der Waals surface area contributed by atoms with Crippen LogP contribution in [0.3, 0.4) is 0 Å². The first-order valence-corrected chi connectivity index (χ1v) is 10.4. The molecule has 1 aliphatic heterocycles. The Hall–Kier alpha value is -2.31. The molecule has 1 N–H and O–H groups in total. The number of aryl methyl sites for hydroxylation is 1. The van der Waals surface area contributed by atoms with Crippen LogP contribution in [0.1, 0.15) is 24.5 Å². The van der Waals surface area contributed by atoms with Crippen LogP contribution in [0.2, 0.25) is 0 Å². The molecule has 0 fully saturated rings. The molecule has 0 unspecified atom stereocenters. The lowest BCUT2D eigenvalue weighted by molar-refractivity contribution is 0.326. The fourth-order valence-electron chi connectivity index (χ4n) is 3.44.